The standard InChI is InChI=1S/C12H18N2O2/c15-10-11-3-4-13-12(9-11)16-8-7-14-5-1-2-6-14/h3-4,9,15H,1-2,5-8,10H2. The monoisotopic (exact) mass is 222 g/mol. The van der Waals surface area contributed by atoms with Crippen molar-refractivity contribution in [3.63, 3.8) is 0 Å². The molecule has 0 aliphatic carbocycles. The van der Waals surface area contributed by atoms with Gasteiger partial charge in [0.05, 0.1) is 6.61 Å². The molecule has 1 saturated heterocycles. The molecule has 1 aromatic heterocycles. The van der Waals surface area contributed by atoms with Gasteiger partial charge >= 0.3 is 0 Å². The van der Waals surface area contributed by atoms with E-state index in [4.69, 9.17) is 9.84 Å². The van der Waals surface area contributed by atoms with E-state index in [-0.39, 0.29) is 6.61 Å². The number of nitrogens with zero attached hydrogens (tertiary/aromatic N) is 2. The number of hydrogen-bond acceptors (Lipinski definition) is 4. The summed E-state index contributed by atoms with van der Waals surface area (Å²) >= 11 is 0. The van der Waals surface area contributed by atoms with Gasteiger partial charge in [-0.2, -0.15) is 0 Å². The topological polar surface area (TPSA) is 45.6 Å². The molecule has 1 N–H and O–H groups in total. The van der Waals surface area contributed by atoms with Gasteiger partial charge in [0.1, 0.15) is 6.61 Å². The first kappa shape index (κ1) is 11.4. The zero-order valence-electron chi connectivity index (χ0n) is 9.43. The number of aliphatic hydroxyl groups excluding tert-OH is 1. The number of aliphatic hydroxyl groups is 1. The first-order chi connectivity index (χ1) is 7.88. The van der Waals surface area contributed by atoms with Crippen LogP contribution in [0.4, 0.5) is 0 Å². The quantitative estimate of drug-likeness (QED) is 0.809. The van der Waals surface area contributed by atoms with Gasteiger partial charge < -0.3 is 9.84 Å². The lowest BCUT2D eigenvalue weighted by molar-refractivity contribution is 0.230. The van der Waals surface area contributed by atoms with Crippen molar-refractivity contribution < 1.29 is 9.84 Å². The average molecular weight is 222 g/mol. The van der Waals surface area contributed by atoms with Gasteiger partial charge in [0.25, 0.3) is 0 Å². The molecule has 0 spiro atoms. The predicted octanol–water partition coefficient (Wildman–Crippen LogP) is 1.05. The van der Waals surface area contributed by atoms with Crippen LogP contribution in [0, 0.1) is 0 Å². The minimum absolute atomic E-state index is 0.0327. The van der Waals surface area contributed by atoms with Crippen LogP contribution >= 0.6 is 0 Å². The Balaban J connectivity index is 1.75. The molecule has 4 nitrogen and oxygen atoms in total. The van der Waals surface area contributed by atoms with Crippen molar-refractivity contribution in [1.29, 1.82) is 0 Å². The van der Waals surface area contributed by atoms with Crippen molar-refractivity contribution in [3.05, 3.63) is 23.9 Å². The van der Waals surface area contributed by atoms with Crippen LogP contribution in [0.1, 0.15) is 18.4 Å². The Bertz CT molecular complexity index is 325. The van der Waals surface area contributed by atoms with Gasteiger partial charge in [-0.1, -0.05) is 0 Å². The molecular formula is C12H18N2O2. The predicted molar refractivity (Wildman–Crippen MR) is 61.3 cm³/mol. The van der Waals surface area contributed by atoms with Crippen molar-refractivity contribution in [2.45, 2.75) is 19.4 Å². The SMILES string of the molecule is OCc1ccnc(OCCN2CCCC2)c1. The van der Waals surface area contributed by atoms with Crippen molar-refractivity contribution in [2.24, 2.45) is 0 Å². The maximum absolute atomic E-state index is 8.97. The summed E-state index contributed by atoms with van der Waals surface area (Å²) in [5.41, 5.74) is 0.839. The fraction of sp³-hybridized carbons (Fsp3) is 0.583. The molecule has 0 saturated carbocycles. The molecule has 0 amide bonds. The van der Waals surface area contributed by atoms with Crippen LogP contribution in [0.25, 0.3) is 0 Å². The molecular weight excluding hydrogens is 204 g/mol. The summed E-state index contributed by atoms with van der Waals surface area (Å²) in [6, 6.07) is 3.57. The largest absolute Gasteiger partial charge is 0.476 e. The molecule has 0 atom stereocenters. The molecule has 0 unspecified atom stereocenters. The molecule has 2 rings (SSSR count). The summed E-state index contributed by atoms with van der Waals surface area (Å²) in [7, 11) is 0. The van der Waals surface area contributed by atoms with E-state index in [0.29, 0.717) is 12.5 Å². The molecule has 16 heavy (non-hydrogen) atoms. The van der Waals surface area contributed by atoms with Crippen LogP contribution in [-0.4, -0.2) is 41.2 Å². The minimum atomic E-state index is 0.0327. The second-order valence-corrected chi connectivity index (χ2v) is 4.06. The maximum atomic E-state index is 8.97. The van der Waals surface area contributed by atoms with Gasteiger partial charge in [0.2, 0.25) is 5.88 Å². The molecule has 4 heteroatoms. The minimum Gasteiger partial charge on any atom is -0.476 e. The fourth-order valence-electron chi connectivity index (χ4n) is 1.91. The van der Waals surface area contributed by atoms with Crippen LogP contribution in [0.15, 0.2) is 18.3 Å². The number of hydrogen-bond donors (Lipinski definition) is 1. The Kier molecular flexibility index (Phi) is 4.13. The molecule has 88 valence electrons. The second-order valence-electron chi connectivity index (χ2n) is 4.06. The summed E-state index contributed by atoms with van der Waals surface area (Å²) in [4.78, 5) is 6.50. The molecule has 0 bridgehead atoms. The van der Waals surface area contributed by atoms with Gasteiger partial charge in [0.15, 0.2) is 0 Å². The average Bonchev–Trinajstić information content (AvgIpc) is 2.82. The molecule has 1 fully saturated rings. The number of pyridine rings is 1. The zero-order valence-corrected chi connectivity index (χ0v) is 9.43. The van der Waals surface area contributed by atoms with Crippen molar-refractivity contribution in [2.75, 3.05) is 26.2 Å². The Morgan fingerprint density at radius 3 is 2.94 bits per heavy atom. The van der Waals surface area contributed by atoms with E-state index < -0.39 is 0 Å². The van der Waals surface area contributed by atoms with Gasteiger partial charge in [-0.15, -0.1) is 0 Å². The third-order valence-electron chi connectivity index (χ3n) is 2.84. The van der Waals surface area contributed by atoms with E-state index >= 15 is 0 Å². The first-order valence-electron chi connectivity index (χ1n) is 5.79. The van der Waals surface area contributed by atoms with E-state index in [2.05, 4.69) is 9.88 Å². The Hall–Kier alpha value is -1.13. The lowest BCUT2D eigenvalue weighted by Gasteiger charge is -2.14. The van der Waals surface area contributed by atoms with Gasteiger partial charge in [-0.25, -0.2) is 4.98 Å². The zero-order chi connectivity index (χ0) is 11.2. The molecule has 0 aromatic carbocycles. The van der Waals surface area contributed by atoms with E-state index in [1.165, 1.54) is 25.9 Å². The molecule has 2 heterocycles. The highest BCUT2D eigenvalue weighted by Crippen LogP contribution is 2.10. The third kappa shape index (κ3) is 3.18. The van der Waals surface area contributed by atoms with E-state index in [1.54, 1.807) is 18.3 Å². The van der Waals surface area contributed by atoms with Crippen LogP contribution in [-0.2, 0) is 6.61 Å². The molecule has 1 aliphatic heterocycles. The van der Waals surface area contributed by atoms with Gasteiger partial charge in [-0.05, 0) is 37.6 Å². The first-order valence-corrected chi connectivity index (χ1v) is 5.79. The highest BCUT2D eigenvalue weighted by molar-refractivity contribution is 5.19. The van der Waals surface area contributed by atoms with Crippen molar-refractivity contribution >= 4 is 0 Å². The summed E-state index contributed by atoms with van der Waals surface area (Å²) in [5.74, 6) is 0.603. The Morgan fingerprint density at radius 2 is 2.19 bits per heavy atom. The van der Waals surface area contributed by atoms with E-state index in [1.807, 2.05) is 0 Å². The van der Waals surface area contributed by atoms with Crippen LogP contribution in [0.3, 0.4) is 0 Å². The van der Waals surface area contributed by atoms with Crippen molar-refractivity contribution in [1.82, 2.24) is 9.88 Å². The summed E-state index contributed by atoms with van der Waals surface area (Å²) < 4.78 is 5.55. The number of likely N-dealkylation sites (tertiary alicyclic amines) is 1. The molecule has 1 aromatic rings. The smallest absolute Gasteiger partial charge is 0.213 e. The highest BCUT2D eigenvalue weighted by Gasteiger charge is 2.10. The second kappa shape index (κ2) is 5.82. The van der Waals surface area contributed by atoms with Gasteiger partial charge in [0, 0.05) is 18.8 Å². The third-order valence-corrected chi connectivity index (χ3v) is 2.84. The number of aromatic nitrogens is 1. The van der Waals surface area contributed by atoms with Gasteiger partial charge in [-0.3, -0.25) is 4.90 Å². The van der Waals surface area contributed by atoms with E-state index in [0.717, 1.165) is 12.1 Å². The summed E-state index contributed by atoms with van der Waals surface area (Å²) in [5, 5.41) is 8.97. The summed E-state index contributed by atoms with van der Waals surface area (Å²) in [6.45, 7) is 4.04. The lowest BCUT2D eigenvalue weighted by atomic mass is 10.3. The number of rotatable bonds is 5. The Morgan fingerprint density at radius 1 is 1.38 bits per heavy atom. The van der Waals surface area contributed by atoms with Crippen molar-refractivity contribution in [3.8, 4) is 5.88 Å². The lowest BCUT2D eigenvalue weighted by Crippen LogP contribution is -2.25. The Labute approximate surface area is 95.9 Å². The highest BCUT2D eigenvalue weighted by atomic mass is 16.5. The molecule has 1 aliphatic rings. The fourth-order valence-corrected chi connectivity index (χ4v) is 1.91. The van der Waals surface area contributed by atoms with E-state index in [9.17, 15) is 0 Å². The molecule has 0 radical (unpaired) electrons. The van der Waals surface area contributed by atoms with Crippen LogP contribution in [0.2, 0.25) is 0 Å². The summed E-state index contributed by atoms with van der Waals surface area (Å²) in [6.07, 6.45) is 4.27. The maximum Gasteiger partial charge on any atom is 0.213 e. The number of ether oxygens (including phenoxy) is 1. The normalized spacial score (nSPS) is 16.6. The van der Waals surface area contributed by atoms with Crippen LogP contribution < -0.4 is 4.74 Å². The van der Waals surface area contributed by atoms with Crippen LogP contribution in [0.5, 0.6) is 5.88 Å².